The molecule has 1 unspecified atom stereocenters. The molecule has 0 radical (unpaired) electrons. The third kappa shape index (κ3) is 3.94. The Labute approximate surface area is 113 Å². The predicted molar refractivity (Wildman–Crippen MR) is 67.0 cm³/mol. The molecule has 0 heterocycles. The van der Waals surface area contributed by atoms with Gasteiger partial charge in [0.25, 0.3) is 0 Å². The van der Waals surface area contributed by atoms with E-state index in [0.717, 1.165) is 12.1 Å². The molecule has 0 aromatic heterocycles. The van der Waals surface area contributed by atoms with Crippen molar-refractivity contribution < 1.29 is 28.6 Å². The van der Waals surface area contributed by atoms with Crippen LogP contribution in [0.2, 0.25) is 0 Å². The molecule has 3 N–H and O–H groups in total. The Bertz CT molecular complexity index is 547. The topological polar surface area (TPSA) is 105 Å². The summed E-state index contributed by atoms with van der Waals surface area (Å²) >= 11 is 0. The second kappa shape index (κ2) is 6.50. The second-order valence-corrected chi connectivity index (χ2v) is 3.84. The van der Waals surface area contributed by atoms with Crippen LogP contribution >= 0.6 is 0 Å². The van der Waals surface area contributed by atoms with Gasteiger partial charge in [-0.1, -0.05) is 0 Å². The molecule has 0 spiro atoms. The molecule has 1 rings (SSSR count). The second-order valence-electron chi connectivity index (χ2n) is 3.84. The number of hydrogen-bond donors (Lipinski definition) is 3. The van der Waals surface area contributed by atoms with Gasteiger partial charge in [-0.2, -0.15) is 0 Å². The summed E-state index contributed by atoms with van der Waals surface area (Å²) in [7, 11) is 1.18. The number of urea groups is 1. The monoisotopic (exact) mass is 284 g/mol. The molecule has 108 valence electrons. The lowest BCUT2D eigenvalue weighted by Gasteiger charge is -2.12. The van der Waals surface area contributed by atoms with Crippen LogP contribution in [-0.4, -0.2) is 36.2 Å². The number of ether oxygens (including phenoxy) is 1. The van der Waals surface area contributed by atoms with Gasteiger partial charge >= 0.3 is 18.0 Å². The number of esters is 1. The summed E-state index contributed by atoms with van der Waals surface area (Å²) in [5.74, 6) is -2.99. The quantitative estimate of drug-likeness (QED) is 0.721. The number of benzene rings is 1. The molecule has 1 aromatic rings. The third-order valence-corrected chi connectivity index (χ3v) is 2.36. The van der Waals surface area contributed by atoms with Gasteiger partial charge in [-0.3, -0.25) is 0 Å². The van der Waals surface area contributed by atoms with Crippen LogP contribution < -0.4 is 10.6 Å². The molecule has 0 bridgehead atoms. The van der Waals surface area contributed by atoms with E-state index in [1.54, 1.807) is 0 Å². The highest BCUT2D eigenvalue weighted by Gasteiger charge is 2.16. The summed E-state index contributed by atoms with van der Waals surface area (Å²) < 4.78 is 17.6. The molecule has 7 nitrogen and oxygen atoms in total. The van der Waals surface area contributed by atoms with Gasteiger partial charge in [-0.25, -0.2) is 18.8 Å². The summed E-state index contributed by atoms with van der Waals surface area (Å²) in [5, 5.41) is 13.3. The van der Waals surface area contributed by atoms with Crippen LogP contribution in [0.25, 0.3) is 0 Å². The minimum Gasteiger partial charge on any atom is -0.478 e. The largest absolute Gasteiger partial charge is 0.478 e. The highest BCUT2D eigenvalue weighted by atomic mass is 19.1. The Hall–Kier alpha value is -2.64. The molecule has 0 aliphatic rings. The molecule has 0 saturated heterocycles. The number of carboxylic acids is 1. The van der Waals surface area contributed by atoms with Crippen LogP contribution in [0.5, 0.6) is 0 Å². The van der Waals surface area contributed by atoms with Crippen molar-refractivity contribution in [3.63, 3.8) is 0 Å². The predicted octanol–water partition coefficient (Wildman–Crippen LogP) is 1.21. The lowest BCUT2D eigenvalue weighted by molar-refractivity contribution is -0.142. The van der Waals surface area contributed by atoms with Crippen molar-refractivity contribution in [2.45, 2.75) is 13.0 Å². The Balaban J connectivity index is 2.74. The Morgan fingerprint density at radius 2 is 2.00 bits per heavy atom. The molecule has 2 amide bonds. The SMILES string of the molecule is COC(=O)C(C)NC(=O)Nc1ccc(F)c(C(=O)O)c1. The van der Waals surface area contributed by atoms with Crippen molar-refractivity contribution in [3.05, 3.63) is 29.6 Å². The van der Waals surface area contributed by atoms with Gasteiger partial charge in [0.2, 0.25) is 0 Å². The highest BCUT2D eigenvalue weighted by Crippen LogP contribution is 2.14. The van der Waals surface area contributed by atoms with E-state index < -0.39 is 35.4 Å². The number of anilines is 1. The number of nitrogens with one attached hydrogen (secondary N) is 2. The average molecular weight is 284 g/mol. The van der Waals surface area contributed by atoms with Gasteiger partial charge in [0.1, 0.15) is 11.9 Å². The van der Waals surface area contributed by atoms with Crippen LogP contribution in [0.15, 0.2) is 18.2 Å². The number of rotatable bonds is 4. The number of methoxy groups -OCH3 is 1. The minimum absolute atomic E-state index is 0.0818. The summed E-state index contributed by atoms with van der Waals surface area (Å²) in [5.41, 5.74) is -0.484. The molecule has 0 aliphatic heterocycles. The normalized spacial score (nSPS) is 11.3. The first-order chi connectivity index (χ1) is 9.35. The average Bonchev–Trinajstić information content (AvgIpc) is 2.39. The Kier molecular flexibility index (Phi) is 5.01. The zero-order chi connectivity index (χ0) is 15.3. The first-order valence-corrected chi connectivity index (χ1v) is 5.53. The molecule has 1 atom stereocenters. The molecular weight excluding hydrogens is 271 g/mol. The van der Waals surface area contributed by atoms with Crippen LogP contribution in [-0.2, 0) is 9.53 Å². The van der Waals surface area contributed by atoms with Crippen molar-refractivity contribution in [2.24, 2.45) is 0 Å². The maximum absolute atomic E-state index is 13.1. The van der Waals surface area contributed by atoms with E-state index in [0.29, 0.717) is 0 Å². The van der Waals surface area contributed by atoms with Gasteiger partial charge in [0, 0.05) is 5.69 Å². The smallest absolute Gasteiger partial charge is 0.338 e. The van der Waals surface area contributed by atoms with E-state index in [4.69, 9.17) is 5.11 Å². The van der Waals surface area contributed by atoms with E-state index in [2.05, 4.69) is 15.4 Å². The molecule has 0 saturated carbocycles. The summed E-state index contributed by atoms with van der Waals surface area (Å²) in [6.45, 7) is 1.42. The lowest BCUT2D eigenvalue weighted by atomic mass is 10.2. The fourth-order valence-corrected chi connectivity index (χ4v) is 1.37. The standard InChI is InChI=1S/C12H13FN2O5/c1-6(11(18)20-2)14-12(19)15-7-3-4-9(13)8(5-7)10(16)17/h3-6H,1-2H3,(H,16,17)(H2,14,15,19). The summed E-state index contributed by atoms with van der Waals surface area (Å²) in [6.07, 6.45) is 0. The highest BCUT2D eigenvalue weighted by molar-refractivity contribution is 5.94. The zero-order valence-electron chi connectivity index (χ0n) is 10.8. The summed E-state index contributed by atoms with van der Waals surface area (Å²) in [4.78, 5) is 33.4. The maximum atomic E-state index is 13.1. The fraction of sp³-hybridized carbons (Fsp3) is 0.250. The number of amides is 2. The van der Waals surface area contributed by atoms with E-state index in [1.165, 1.54) is 20.1 Å². The zero-order valence-corrected chi connectivity index (χ0v) is 10.8. The number of aromatic carboxylic acids is 1. The molecule has 20 heavy (non-hydrogen) atoms. The van der Waals surface area contributed by atoms with Crippen molar-refractivity contribution in [3.8, 4) is 0 Å². The van der Waals surface area contributed by atoms with Crippen LogP contribution in [0.3, 0.4) is 0 Å². The van der Waals surface area contributed by atoms with E-state index >= 15 is 0 Å². The van der Waals surface area contributed by atoms with Crippen LogP contribution in [0.1, 0.15) is 17.3 Å². The number of hydrogen-bond acceptors (Lipinski definition) is 4. The van der Waals surface area contributed by atoms with Crippen LogP contribution in [0.4, 0.5) is 14.9 Å². The number of carbonyl (C=O) groups is 3. The molecular formula is C12H13FN2O5. The van der Waals surface area contributed by atoms with E-state index in [9.17, 15) is 18.8 Å². The Morgan fingerprint density at radius 3 is 2.55 bits per heavy atom. The molecule has 1 aromatic carbocycles. The molecule has 0 fully saturated rings. The van der Waals surface area contributed by atoms with Crippen molar-refractivity contribution in [1.82, 2.24) is 5.32 Å². The number of carboxylic acid groups (broad SMARTS) is 1. The van der Waals surface area contributed by atoms with Crippen molar-refractivity contribution in [2.75, 3.05) is 12.4 Å². The summed E-state index contributed by atoms with van der Waals surface area (Å²) in [6, 6.07) is 1.47. The first-order valence-electron chi connectivity index (χ1n) is 5.53. The number of halogens is 1. The van der Waals surface area contributed by atoms with Gasteiger partial charge in [0.05, 0.1) is 12.7 Å². The maximum Gasteiger partial charge on any atom is 0.338 e. The van der Waals surface area contributed by atoms with Crippen molar-refractivity contribution >= 4 is 23.7 Å². The fourth-order valence-electron chi connectivity index (χ4n) is 1.37. The third-order valence-electron chi connectivity index (χ3n) is 2.36. The van der Waals surface area contributed by atoms with E-state index in [-0.39, 0.29) is 5.69 Å². The van der Waals surface area contributed by atoms with Gasteiger partial charge < -0.3 is 20.5 Å². The first kappa shape index (κ1) is 15.4. The van der Waals surface area contributed by atoms with Gasteiger partial charge in [-0.15, -0.1) is 0 Å². The van der Waals surface area contributed by atoms with Crippen LogP contribution in [0, 0.1) is 5.82 Å². The molecule has 8 heteroatoms. The van der Waals surface area contributed by atoms with E-state index in [1.807, 2.05) is 0 Å². The lowest BCUT2D eigenvalue weighted by Crippen LogP contribution is -2.41. The van der Waals surface area contributed by atoms with Gasteiger partial charge in [0.15, 0.2) is 0 Å². The molecule has 0 aliphatic carbocycles. The number of carbonyl (C=O) groups excluding carboxylic acids is 2. The van der Waals surface area contributed by atoms with Crippen molar-refractivity contribution in [1.29, 1.82) is 0 Å². The minimum atomic E-state index is -1.45. The van der Waals surface area contributed by atoms with Gasteiger partial charge in [-0.05, 0) is 25.1 Å². The Morgan fingerprint density at radius 1 is 1.35 bits per heavy atom.